The van der Waals surface area contributed by atoms with Gasteiger partial charge in [0.1, 0.15) is 11.5 Å². The molecule has 2 aliphatic heterocycles. The predicted molar refractivity (Wildman–Crippen MR) is 129 cm³/mol. The molecule has 0 radical (unpaired) electrons. The fourth-order valence-electron chi connectivity index (χ4n) is 4.66. The highest BCUT2D eigenvalue weighted by atomic mass is 35.5. The third-order valence-electron chi connectivity index (χ3n) is 6.76. The number of piperidine rings is 1. The van der Waals surface area contributed by atoms with Crippen LogP contribution in [0, 0.1) is 5.41 Å². The average Bonchev–Trinajstić information content (AvgIpc) is 3.54. The molecular weight excluding hydrogens is 476 g/mol. The van der Waals surface area contributed by atoms with Crippen molar-refractivity contribution < 1.29 is 28.3 Å². The Morgan fingerprint density at radius 1 is 1.06 bits per heavy atom. The Morgan fingerprint density at radius 3 is 2.37 bits per heavy atom. The molecule has 2 fully saturated rings. The number of carbonyl (C=O) groups excluding carboxylic acids is 3. The number of rotatable bonds is 6. The minimum atomic E-state index is -0.413. The number of amides is 4. The lowest BCUT2D eigenvalue weighted by molar-refractivity contribution is -0.132. The number of carbonyl (C=O) groups is 3. The SMILES string of the molecule is COc1cc(OC)c(NC(=O)N2CCC3(CCN(C(=O)CNC(=O)c4ccco4)CC3)C2)cc1Cl. The Balaban J connectivity index is 1.28. The lowest BCUT2D eigenvalue weighted by Gasteiger charge is -2.39. The molecule has 0 unspecified atom stereocenters. The van der Waals surface area contributed by atoms with Crippen molar-refractivity contribution in [1.29, 1.82) is 0 Å². The third-order valence-corrected chi connectivity index (χ3v) is 7.06. The van der Waals surface area contributed by atoms with Gasteiger partial charge in [-0.15, -0.1) is 0 Å². The molecule has 0 aliphatic carbocycles. The molecule has 0 atom stereocenters. The van der Waals surface area contributed by atoms with Gasteiger partial charge in [0, 0.05) is 32.2 Å². The van der Waals surface area contributed by atoms with Crippen LogP contribution in [0.25, 0.3) is 0 Å². The van der Waals surface area contributed by atoms with E-state index in [2.05, 4.69) is 10.6 Å². The first-order valence-corrected chi connectivity index (χ1v) is 11.8. The molecule has 2 aliphatic rings. The summed E-state index contributed by atoms with van der Waals surface area (Å²) < 4.78 is 15.6. The molecule has 188 valence electrons. The van der Waals surface area contributed by atoms with Gasteiger partial charge >= 0.3 is 6.03 Å². The van der Waals surface area contributed by atoms with Gasteiger partial charge in [0.2, 0.25) is 5.91 Å². The van der Waals surface area contributed by atoms with E-state index in [-0.39, 0.29) is 29.7 Å². The zero-order valence-electron chi connectivity index (χ0n) is 19.8. The van der Waals surface area contributed by atoms with Crippen LogP contribution in [-0.2, 0) is 4.79 Å². The number of halogens is 1. The van der Waals surface area contributed by atoms with Crippen LogP contribution >= 0.6 is 11.6 Å². The van der Waals surface area contributed by atoms with E-state index in [1.54, 1.807) is 34.1 Å². The summed E-state index contributed by atoms with van der Waals surface area (Å²) in [6.45, 7) is 2.35. The minimum absolute atomic E-state index is 0.0207. The molecule has 35 heavy (non-hydrogen) atoms. The minimum Gasteiger partial charge on any atom is -0.495 e. The summed E-state index contributed by atoms with van der Waals surface area (Å²) in [5, 5.41) is 5.86. The second-order valence-corrected chi connectivity index (χ2v) is 9.24. The van der Waals surface area contributed by atoms with Crippen molar-refractivity contribution in [3.05, 3.63) is 41.3 Å². The lowest BCUT2D eigenvalue weighted by atomic mass is 9.78. The summed E-state index contributed by atoms with van der Waals surface area (Å²) in [5.41, 5.74) is 0.453. The first-order chi connectivity index (χ1) is 16.8. The number of likely N-dealkylation sites (tertiary alicyclic amines) is 2. The Labute approximate surface area is 208 Å². The van der Waals surface area contributed by atoms with Crippen LogP contribution in [0.5, 0.6) is 11.5 Å². The number of methoxy groups -OCH3 is 2. The molecule has 11 heteroatoms. The van der Waals surface area contributed by atoms with Crippen molar-refractivity contribution in [2.75, 3.05) is 52.3 Å². The number of hydrogen-bond donors (Lipinski definition) is 2. The van der Waals surface area contributed by atoms with Crippen LogP contribution < -0.4 is 20.1 Å². The van der Waals surface area contributed by atoms with E-state index in [9.17, 15) is 14.4 Å². The van der Waals surface area contributed by atoms with Crippen LogP contribution in [0.1, 0.15) is 29.8 Å². The van der Waals surface area contributed by atoms with Gasteiger partial charge in [-0.1, -0.05) is 11.6 Å². The highest BCUT2D eigenvalue weighted by molar-refractivity contribution is 6.32. The molecule has 0 bridgehead atoms. The van der Waals surface area contributed by atoms with Gasteiger partial charge in [0.15, 0.2) is 5.76 Å². The van der Waals surface area contributed by atoms with Crippen molar-refractivity contribution in [3.63, 3.8) is 0 Å². The van der Waals surface area contributed by atoms with Crippen LogP contribution in [-0.4, -0.2) is 74.6 Å². The first kappa shape index (κ1) is 24.7. The number of nitrogens with one attached hydrogen (secondary N) is 2. The Bertz CT molecular complexity index is 1080. The quantitative estimate of drug-likeness (QED) is 0.624. The third kappa shape index (κ3) is 5.48. The van der Waals surface area contributed by atoms with Crippen LogP contribution in [0.2, 0.25) is 5.02 Å². The van der Waals surface area contributed by atoms with E-state index in [4.69, 9.17) is 25.5 Å². The number of urea groups is 1. The van der Waals surface area contributed by atoms with E-state index < -0.39 is 5.91 Å². The average molecular weight is 505 g/mol. The zero-order valence-corrected chi connectivity index (χ0v) is 20.5. The van der Waals surface area contributed by atoms with Gasteiger partial charge in [0.05, 0.1) is 37.7 Å². The topological polar surface area (TPSA) is 113 Å². The lowest BCUT2D eigenvalue weighted by Crippen LogP contribution is -2.48. The maximum Gasteiger partial charge on any atom is 0.321 e. The maximum absolute atomic E-state index is 13.0. The van der Waals surface area contributed by atoms with E-state index in [1.807, 2.05) is 0 Å². The summed E-state index contributed by atoms with van der Waals surface area (Å²) in [5.74, 6) is 0.553. The van der Waals surface area contributed by atoms with Crippen molar-refractivity contribution in [1.82, 2.24) is 15.1 Å². The van der Waals surface area contributed by atoms with Gasteiger partial charge < -0.3 is 34.3 Å². The number of anilines is 1. The Kier molecular flexibility index (Phi) is 7.39. The van der Waals surface area contributed by atoms with Crippen molar-refractivity contribution in [2.24, 2.45) is 5.41 Å². The smallest absolute Gasteiger partial charge is 0.321 e. The molecule has 2 aromatic rings. The highest BCUT2D eigenvalue weighted by Gasteiger charge is 2.42. The molecule has 2 N–H and O–H groups in total. The second-order valence-electron chi connectivity index (χ2n) is 8.83. The normalized spacial score (nSPS) is 16.8. The Hall–Kier alpha value is -3.40. The maximum atomic E-state index is 13.0. The fraction of sp³-hybridized carbons (Fsp3) is 0.458. The van der Waals surface area contributed by atoms with E-state index in [0.29, 0.717) is 48.4 Å². The predicted octanol–water partition coefficient (Wildman–Crippen LogP) is 3.23. The monoisotopic (exact) mass is 504 g/mol. The van der Waals surface area contributed by atoms with E-state index in [0.717, 1.165) is 19.3 Å². The summed E-state index contributed by atoms with van der Waals surface area (Å²) in [6, 6.07) is 6.19. The molecule has 1 spiro atoms. The van der Waals surface area contributed by atoms with Crippen molar-refractivity contribution in [3.8, 4) is 11.5 Å². The number of nitrogens with zero attached hydrogens (tertiary/aromatic N) is 2. The largest absolute Gasteiger partial charge is 0.495 e. The molecule has 1 aromatic heterocycles. The summed E-state index contributed by atoms with van der Waals surface area (Å²) in [7, 11) is 3.03. The summed E-state index contributed by atoms with van der Waals surface area (Å²) in [6.07, 6.45) is 3.88. The summed E-state index contributed by atoms with van der Waals surface area (Å²) >= 11 is 6.22. The van der Waals surface area contributed by atoms with Gasteiger partial charge in [-0.05, 0) is 42.9 Å². The van der Waals surface area contributed by atoms with Gasteiger partial charge in [-0.2, -0.15) is 0 Å². The fourth-order valence-corrected chi connectivity index (χ4v) is 4.90. The van der Waals surface area contributed by atoms with E-state index >= 15 is 0 Å². The molecule has 10 nitrogen and oxygen atoms in total. The number of ether oxygens (including phenoxy) is 2. The van der Waals surface area contributed by atoms with E-state index in [1.165, 1.54) is 20.5 Å². The Morgan fingerprint density at radius 2 is 1.74 bits per heavy atom. The zero-order chi connectivity index (χ0) is 25.0. The first-order valence-electron chi connectivity index (χ1n) is 11.4. The molecular formula is C24H29ClN4O6. The van der Waals surface area contributed by atoms with Crippen molar-refractivity contribution >= 4 is 35.1 Å². The van der Waals surface area contributed by atoms with Gasteiger partial charge in [0.25, 0.3) is 5.91 Å². The summed E-state index contributed by atoms with van der Waals surface area (Å²) in [4.78, 5) is 41.1. The second kappa shape index (κ2) is 10.5. The molecule has 1 aromatic carbocycles. The van der Waals surface area contributed by atoms with Crippen molar-refractivity contribution in [2.45, 2.75) is 19.3 Å². The van der Waals surface area contributed by atoms with Crippen LogP contribution in [0.3, 0.4) is 0 Å². The highest BCUT2D eigenvalue weighted by Crippen LogP contribution is 2.41. The van der Waals surface area contributed by atoms with Gasteiger partial charge in [-0.25, -0.2) is 4.79 Å². The number of hydrogen-bond acceptors (Lipinski definition) is 6. The van der Waals surface area contributed by atoms with Crippen LogP contribution in [0.4, 0.5) is 10.5 Å². The molecule has 3 heterocycles. The molecule has 4 amide bonds. The van der Waals surface area contributed by atoms with Crippen LogP contribution in [0.15, 0.2) is 34.9 Å². The van der Waals surface area contributed by atoms with Gasteiger partial charge in [-0.3, -0.25) is 9.59 Å². The standard InChI is InChI=1S/C24H29ClN4O6/c1-33-19-13-20(34-2)17(12-16(19)25)27-23(32)29-10-7-24(15-29)5-8-28(9-6-24)21(30)14-26-22(31)18-4-3-11-35-18/h3-4,11-13H,5-10,14-15H2,1-2H3,(H,26,31)(H,27,32). The number of benzene rings is 1. The molecule has 2 saturated heterocycles. The number of furan rings is 1. The molecule has 4 rings (SSSR count). The molecule has 0 saturated carbocycles.